The third-order valence-electron chi connectivity index (χ3n) is 5.37. The van der Waals surface area contributed by atoms with Crippen molar-refractivity contribution in [2.24, 2.45) is 0 Å². The highest BCUT2D eigenvalue weighted by Crippen LogP contribution is 2.58. The van der Waals surface area contributed by atoms with Crippen LogP contribution in [-0.4, -0.2) is 19.2 Å². The minimum absolute atomic E-state index is 0.314. The van der Waals surface area contributed by atoms with Gasteiger partial charge < -0.3 is 9.47 Å². The van der Waals surface area contributed by atoms with Crippen molar-refractivity contribution in [2.45, 2.75) is 31.4 Å². The molecule has 0 bridgehead atoms. The third-order valence-corrected chi connectivity index (χ3v) is 6.54. The topological polar surface area (TPSA) is 31.4 Å². The van der Waals surface area contributed by atoms with Crippen molar-refractivity contribution in [2.75, 3.05) is 14.2 Å². The summed E-state index contributed by atoms with van der Waals surface area (Å²) in [6.45, 7) is 1.94. The average molecular weight is 419 g/mol. The number of rotatable bonds is 5. The highest BCUT2D eigenvalue weighted by Gasteiger charge is 2.52. The largest absolute Gasteiger partial charge is 0.497 e. The zero-order chi connectivity index (χ0) is 20.8. The van der Waals surface area contributed by atoms with Crippen molar-refractivity contribution < 1.29 is 22.6 Å². The van der Waals surface area contributed by atoms with Gasteiger partial charge in [-0.2, -0.15) is 13.2 Å². The molecule has 1 fully saturated rings. The minimum atomic E-state index is -4.39. The minimum Gasteiger partial charge on any atom is -0.497 e. The summed E-state index contributed by atoms with van der Waals surface area (Å²) in [6.07, 6.45) is -3.07. The lowest BCUT2D eigenvalue weighted by Gasteiger charge is -2.19. The molecule has 1 aliphatic carbocycles. The van der Waals surface area contributed by atoms with Gasteiger partial charge in [-0.25, -0.2) is 4.98 Å². The number of alkyl halides is 3. The summed E-state index contributed by atoms with van der Waals surface area (Å²) < 4.78 is 51.5. The normalized spacial score (nSPS) is 15.2. The van der Waals surface area contributed by atoms with E-state index in [2.05, 4.69) is 0 Å². The Bertz CT molecular complexity index is 1050. The maximum atomic E-state index is 13.6. The summed E-state index contributed by atoms with van der Waals surface area (Å²) in [4.78, 5) is 5.75. The summed E-state index contributed by atoms with van der Waals surface area (Å²) in [6, 6.07) is 11.3. The fourth-order valence-corrected chi connectivity index (χ4v) is 4.90. The van der Waals surface area contributed by atoms with E-state index in [1.165, 1.54) is 17.4 Å². The molecule has 0 radical (unpaired) electrons. The maximum absolute atomic E-state index is 13.6. The first kappa shape index (κ1) is 19.8. The van der Waals surface area contributed by atoms with Crippen molar-refractivity contribution in [3.8, 4) is 22.8 Å². The lowest BCUT2D eigenvalue weighted by Crippen LogP contribution is -2.17. The number of thiazole rings is 1. The Morgan fingerprint density at radius 1 is 1.03 bits per heavy atom. The standard InChI is InChI=1S/C22H20F3NO2S/c1-13-19(15-9-8-14(27-2)12-18(15)28-3)26-20(29-13)21(10-11-21)16-6-4-5-7-17(16)22(23,24)25/h4-9,12H,10-11H2,1-3H3. The Morgan fingerprint density at radius 2 is 1.76 bits per heavy atom. The summed E-state index contributed by atoms with van der Waals surface area (Å²) >= 11 is 1.46. The molecule has 29 heavy (non-hydrogen) atoms. The van der Waals surface area contributed by atoms with Crippen LogP contribution in [0.1, 0.15) is 33.9 Å². The first-order chi connectivity index (χ1) is 13.8. The molecule has 3 aromatic rings. The van der Waals surface area contributed by atoms with E-state index in [-0.39, 0.29) is 0 Å². The summed E-state index contributed by atoms with van der Waals surface area (Å²) in [5.41, 5.74) is 0.608. The van der Waals surface area contributed by atoms with Gasteiger partial charge >= 0.3 is 6.18 Å². The van der Waals surface area contributed by atoms with Gasteiger partial charge in [0.05, 0.1) is 25.5 Å². The first-order valence-corrected chi connectivity index (χ1v) is 9.99. The van der Waals surface area contributed by atoms with E-state index >= 15 is 0 Å². The highest BCUT2D eigenvalue weighted by molar-refractivity contribution is 7.12. The van der Waals surface area contributed by atoms with Gasteiger partial charge in [-0.3, -0.25) is 0 Å². The molecule has 7 heteroatoms. The second-order valence-corrected chi connectivity index (χ2v) is 8.32. The Morgan fingerprint density at radius 3 is 2.38 bits per heavy atom. The number of aryl methyl sites for hydroxylation is 1. The molecular weight excluding hydrogens is 399 g/mol. The number of halogens is 3. The SMILES string of the molecule is COc1ccc(-c2nc(C3(c4ccccc4C(F)(F)F)CC3)sc2C)c(OC)c1. The van der Waals surface area contributed by atoms with Crippen LogP contribution in [0.15, 0.2) is 42.5 Å². The second kappa shape index (κ2) is 7.06. The molecule has 0 atom stereocenters. The van der Waals surface area contributed by atoms with Crippen LogP contribution >= 0.6 is 11.3 Å². The lowest BCUT2D eigenvalue weighted by molar-refractivity contribution is -0.138. The molecule has 2 aromatic carbocycles. The molecule has 152 valence electrons. The Labute approximate surface area is 171 Å². The maximum Gasteiger partial charge on any atom is 0.416 e. The molecule has 0 aliphatic heterocycles. The van der Waals surface area contributed by atoms with Crippen LogP contribution in [-0.2, 0) is 11.6 Å². The van der Waals surface area contributed by atoms with Gasteiger partial charge in [0.2, 0.25) is 0 Å². The summed E-state index contributed by atoms with van der Waals surface area (Å²) in [7, 11) is 3.15. The molecular formula is C22H20F3NO2S. The van der Waals surface area contributed by atoms with Crippen LogP contribution < -0.4 is 9.47 Å². The van der Waals surface area contributed by atoms with Gasteiger partial charge in [0.25, 0.3) is 0 Å². The van der Waals surface area contributed by atoms with E-state index in [0.717, 1.165) is 27.2 Å². The highest BCUT2D eigenvalue weighted by atomic mass is 32.1. The quantitative estimate of drug-likeness (QED) is 0.491. The lowest BCUT2D eigenvalue weighted by atomic mass is 9.91. The van der Waals surface area contributed by atoms with E-state index in [0.29, 0.717) is 29.9 Å². The molecule has 1 aromatic heterocycles. The molecule has 0 spiro atoms. The van der Waals surface area contributed by atoms with Crippen molar-refractivity contribution in [3.63, 3.8) is 0 Å². The smallest absolute Gasteiger partial charge is 0.416 e. The number of benzene rings is 2. The average Bonchev–Trinajstić information content (AvgIpc) is 3.43. The van der Waals surface area contributed by atoms with Crippen molar-refractivity contribution in [1.29, 1.82) is 0 Å². The predicted octanol–water partition coefficient (Wildman–Crippen LogP) is 6.23. The van der Waals surface area contributed by atoms with Crippen LogP contribution in [0.3, 0.4) is 0 Å². The van der Waals surface area contributed by atoms with Crippen molar-refractivity contribution in [3.05, 3.63) is 63.5 Å². The molecule has 0 N–H and O–H groups in total. The Hall–Kier alpha value is -2.54. The zero-order valence-electron chi connectivity index (χ0n) is 16.3. The van der Waals surface area contributed by atoms with E-state index in [1.54, 1.807) is 32.4 Å². The second-order valence-electron chi connectivity index (χ2n) is 7.12. The Kier molecular flexibility index (Phi) is 4.81. The number of hydrogen-bond donors (Lipinski definition) is 0. The Balaban J connectivity index is 1.81. The van der Waals surface area contributed by atoms with Crippen LogP contribution in [0.25, 0.3) is 11.3 Å². The van der Waals surface area contributed by atoms with Crippen LogP contribution in [0, 0.1) is 6.92 Å². The summed E-state index contributed by atoms with van der Waals surface area (Å²) in [5, 5.41) is 0.722. The van der Waals surface area contributed by atoms with Gasteiger partial charge in [-0.05, 0) is 43.5 Å². The molecule has 0 saturated heterocycles. The van der Waals surface area contributed by atoms with Crippen LogP contribution in [0.5, 0.6) is 11.5 Å². The summed E-state index contributed by atoms with van der Waals surface area (Å²) in [5.74, 6) is 1.28. The monoisotopic (exact) mass is 419 g/mol. The molecule has 0 unspecified atom stereocenters. The van der Waals surface area contributed by atoms with Crippen molar-refractivity contribution >= 4 is 11.3 Å². The van der Waals surface area contributed by atoms with Crippen LogP contribution in [0.4, 0.5) is 13.2 Å². The third kappa shape index (κ3) is 3.37. The van der Waals surface area contributed by atoms with Gasteiger partial charge in [0, 0.05) is 21.9 Å². The fraction of sp³-hybridized carbons (Fsp3) is 0.318. The molecule has 4 rings (SSSR count). The molecule has 1 aliphatic rings. The predicted molar refractivity (Wildman–Crippen MR) is 107 cm³/mol. The van der Waals surface area contributed by atoms with Crippen molar-refractivity contribution in [1.82, 2.24) is 4.98 Å². The van der Waals surface area contributed by atoms with E-state index in [4.69, 9.17) is 14.5 Å². The van der Waals surface area contributed by atoms with Crippen LogP contribution in [0.2, 0.25) is 0 Å². The fourth-order valence-electron chi connectivity index (χ4n) is 3.72. The first-order valence-electron chi connectivity index (χ1n) is 9.17. The van der Waals surface area contributed by atoms with Gasteiger partial charge in [0.15, 0.2) is 0 Å². The molecule has 1 saturated carbocycles. The number of nitrogens with zero attached hydrogens (tertiary/aromatic N) is 1. The molecule has 3 nitrogen and oxygen atoms in total. The van der Waals surface area contributed by atoms with E-state index in [1.807, 2.05) is 19.1 Å². The molecule has 1 heterocycles. The van der Waals surface area contributed by atoms with Gasteiger partial charge in [-0.1, -0.05) is 18.2 Å². The zero-order valence-corrected chi connectivity index (χ0v) is 17.1. The number of methoxy groups -OCH3 is 2. The van der Waals surface area contributed by atoms with E-state index < -0.39 is 17.2 Å². The molecule has 0 amide bonds. The number of aromatic nitrogens is 1. The van der Waals surface area contributed by atoms with Gasteiger partial charge in [-0.15, -0.1) is 11.3 Å². The van der Waals surface area contributed by atoms with Gasteiger partial charge in [0.1, 0.15) is 16.5 Å². The number of hydrogen-bond acceptors (Lipinski definition) is 4. The number of ether oxygens (including phenoxy) is 2. The van der Waals surface area contributed by atoms with E-state index in [9.17, 15) is 13.2 Å².